The van der Waals surface area contributed by atoms with E-state index in [-0.39, 0.29) is 12.2 Å². The van der Waals surface area contributed by atoms with Gasteiger partial charge >= 0.3 is 0 Å². The van der Waals surface area contributed by atoms with Gasteiger partial charge in [0.05, 0.1) is 26.4 Å². The average molecular weight is 406 g/mol. The fourth-order valence-electron chi connectivity index (χ4n) is 3.68. The van der Waals surface area contributed by atoms with Gasteiger partial charge in [-0.1, -0.05) is 12.1 Å². The van der Waals surface area contributed by atoms with Gasteiger partial charge in [-0.15, -0.1) is 0 Å². The zero-order valence-electron chi connectivity index (χ0n) is 17.8. The molecule has 29 heavy (non-hydrogen) atoms. The van der Waals surface area contributed by atoms with Crippen molar-refractivity contribution in [2.45, 2.75) is 45.0 Å². The second-order valence-corrected chi connectivity index (χ2v) is 7.40. The highest BCUT2D eigenvalue weighted by Gasteiger charge is 2.32. The lowest BCUT2D eigenvalue weighted by atomic mass is 10.1. The molecule has 7 nitrogen and oxygen atoms in total. The van der Waals surface area contributed by atoms with Crippen molar-refractivity contribution in [1.29, 1.82) is 0 Å². The van der Waals surface area contributed by atoms with Gasteiger partial charge < -0.3 is 29.2 Å². The van der Waals surface area contributed by atoms with Crippen LogP contribution >= 0.6 is 0 Å². The maximum atomic E-state index is 5.96. The Hall–Kier alpha value is -1.83. The van der Waals surface area contributed by atoms with Gasteiger partial charge in [0, 0.05) is 39.4 Å². The molecular formula is C22H35N3O4. The smallest absolute Gasteiger partial charge is 0.194 e. The van der Waals surface area contributed by atoms with Crippen LogP contribution in [0.3, 0.4) is 0 Å². The molecule has 0 spiro atoms. The van der Waals surface area contributed by atoms with E-state index in [1.807, 2.05) is 24.3 Å². The normalized spacial score (nSPS) is 22.7. The molecule has 2 heterocycles. The summed E-state index contributed by atoms with van der Waals surface area (Å²) in [6.07, 6.45) is 3.49. The Labute approximate surface area is 174 Å². The Bertz CT molecular complexity index is 617. The molecule has 0 aromatic heterocycles. The first-order valence-electron chi connectivity index (χ1n) is 10.8. The topological polar surface area (TPSA) is 64.6 Å². The van der Waals surface area contributed by atoms with Gasteiger partial charge in [0.2, 0.25) is 0 Å². The van der Waals surface area contributed by atoms with Crippen molar-refractivity contribution in [2.75, 3.05) is 53.1 Å². The van der Waals surface area contributed by atoms with E-state index in [1.54, 1.807) is 7.11 Å². The summed E-state index contributed by atoms with van der Waals surface area (Å²) in [5, 5.41) is 3.42. The maximum absolute atomic E-state index is 5.96. The number of nitrogens with zero attached hydrogens (tertiary/aromatic N) is 2. The number of guanidine groups is 1. The Morgan fingerprint density at radius 1 is 1.21 bits per heavy atom. The number of nitrogens with one attached hydrogen (secondary N) is 1. The molecule has 2 atom stereocenters. The van der Waals surface area contributed by atoms with Crippen LogP contribution in [-0.4, -0.2) is 76.2 Å². The molecule has 2 saturated heterocycles. The fourth-order valence-corrected chi connectivity index (χ4v) is 3.68. The summed E-state index contributed by atoms with van der Waals surface area (Å²) >= 11 is 0. The highest BCUT2D eigenvalue weighted by molar-refractivity contribution is 5.80. The molecule has 0 amide bonds. The van der Waals surface area contributed by atoms with Crippen LogP contribution < -0.4 is 10.1 Å². The first kappa shape index (κ1) is 21.9. The van der Waals surface area contributed by atoms with Crippen LogP contribution in [-0.2, 0) is 20.8 Å². The third-order valence-electron chi connectivity index (χ3n) is 5.24. The van der Waals surface area contributed by atoms with Gasteiger partial charge in [-0.2, -0.15) is 0 Å². The van der Waals surface area contributed by atoms with Crippen LogP contribution in [0.25, 0.3) is 0 Å². The SMILES string of the molecule is CCNC(=NCCCOCc1ccc(OC)cc1)N1CCOC(C2CCCO2)C1. The van der Waals surface area contributed by atoms with E-state index in [1.165, 1.54) is 0 Å². The second kappa shape index (κ2) is 12.0. The van der Waals surface area contributed by atoms with Gasteiger partial charge in [-0.25, -0.2) is 0 Å². The molecular weight excluding hydrogens is 370 g/mol. The van der Waals surface area contributed by atoms with E-state index in [0.717, 1.165) is 75.9 Å². The predicted octanol–water partition coefficient (Wildman–Crippen LogP) is 2.45. The third kappa shape index (κ3) is 6.87. The molecule has 2 aliphatic heterocycles. The Morgan fingerprint density at radius 2 is 2.03 bits per heavy atom. The van der Waals surface area contributed by atoms with Crippen molar-refractivity contribution in [3.8, 4) is 5.75 Å². The standard InChI is InChI=1S/C22H35N3O4/c1-3-23-22(25-12-15-29-21(16-25)20-6-4-14-28-20)24-11-5-13-27-17-18-7-9-19(26-2)10-8-18/h7-10,20-21H,3-6,11-17H2,1-2H3,(H,23,24). The van der Waals surface area contributed by atoms with Crippen molar-refractivity contribution in [3.63, 3.8) is 0 Å². The molecule has 3 rings (SSSR count). The minimum absolute atomic E-state index is 0.142. The van der Waals surface area contributed by atoms with E-state index in [0.29, 0.717) is 13.2 Å². The summed E-state index contributed by atoms with van der Waals surface area (Å²) in [4.78, 5) is 7.11. The molecule has 1 aromatic rings. The number of hydrogen-bond acceptors (Lipinski definition) is 5. The van der Waals surface area contributed by atoms with Crippen molar-refractivity contribution in [1.82, 2.24) is 10.2 Å². The molecule has 7 heteroatoms. The summed E-state index contributed by atoms with van der Waals surface area (Å²) in [6, 6.07) is 7.97. The molecule has 2 aliphatic rings. The first-order valence-corrected chi connectivity index (χ1v) is 10.8. The van der Waals surface area contributed by atoms with E-state index in [4.69, 9.17) is 23.9 Å². The number of methoxy groups -OCH3 is 1. The van der Waals surface area contributed by atoms with Crippen LogP contribution in [0, 0.1) is 0 Å². The highest BCUT2D eigenvalue weighted by atomic mass is 16.5. The number of morpholine rings is 1. The monoisotopic (exact) mass is 405 g/mol. The Morgan fingerprint density at radius 3 is 2.76 bits per heavy atom. The molecule has 1 N–H and O–H groups in total. The van der Waals surface area contributed by atoms with Crippen LogP contribution in [0.15, 0.2) is 29.3 Å². The quantitative estimate of drug-likeness (QED) is 0.387. The van der Waals surface area contributed by atoms with Crippen LogP contribution in [0.1, 0.15) is 31.7 Å². The van der Waals surface area contributed by atoms with Gasteiger partial charge in [-0.3, -0.25) is 4.99 Å². The largest absolute Gasteiger partial charge is 0.497 e. The zero-order chi connectivity index (χ0) is 20.3. The van der Waals surface area contributed by atoms with Crippen LogP contribution in [0.5, 0.6) is 5.75 Å². The van der Waals surface area contributed by atoms with Gasteiger partial charge in [0.25, 0.3) is 0 Å². The van der Waals surface area contributed by atoms with Crippen molar-refractivity contribution >= 4 is 5.96 Å². The molecule has 0 saturated carbocycles. The summed E-state index contributed by atoms with van der Waals surface area (Å²) in [7, 11) is 1.67. The molecule has 162 valence electrons. The van der Waals surface area contributed by atoms with Crippen molar-refractivity contribution < 1.29 is 18.9 Å². The van der Waals surface area contributed by atoms with E-state index >= 15 is 0 Å². The van der Waals surface area contributed by atoms with Gasteiger partial charge in [0.1, 0.15) is 11.9 Å². The van der Waals surface area contributed by atoms with Gasteiger partial charge in [-0.05, 0) is 43.9 Å². The molecule has 2 fully saturated rings. The molecule has 1 aromatic carbocycles. The minimum Gasteiger partial charge on any atom is -0.497 e. The first-order chi connectivity index (χ1) is 14.3. The minimum atomic E-state index is 0.142. The molecule has 0 aliphatic carbocycles. The number of rotatable bonds is 9. The van der Waals surface area contributed by atoms with Gasteiger partial charge in [0.15, 0.2) is 5.96 Å². The number of hydrogen-bond donors (Lipinski definition) is 1. The molecule has 0 radical (unpaired) electrons. The van der Waals surface area contributed by atoms with Crippen molar-refractivity contribution in [3.05, 3.63) is 29.8 Å². The summed E-state index contributed by atoms with van der Waals surface area (Å²) in [6.45, 7) is 8.28. The summed E-state index contributed by atoms with van der Waals surface area (Å²) in [5.74, 6) is 1.83. The summed E-state index contributed by atoms with van der Waals surface area (Å²) < 4.78 is 22.7. The predicted molar refractivity (Wildman–Crippen MR) is 114 cm³/mol. The van der Waals surface area contributed by atoms with Crippen LogP contribution in [0.4, 0.5) is 0 Å². The highest BCUT2D eigenvalue weighted by Crippen LogP contribution is 2.21. The summed E-state index contributed by atoms with van der Waals surface area (Å²) in [5.41, 5.74) is 1.15. The second-order valence-electron chi connectivity index (χ2n) is 7.40. The Balaban J connectivity index is 1.40. The third-order valence-corrected chi connectivity index (χ3v) is 5.24. The van der Waals surface area contributed by atoms with Crippen molar-refractivity contribution in [2.24, 2.45) is 4.99 Å². The lowest BCUT2D eigenvalue weighted by molar-refractivity contribution is -0.0817. The lowest BCUT2D eigenvalue weighted by Crippen LogP contribution is -2.53. The molecule has 0 bridgehead atoms. The van der Waals surface area contributed by atoms with E-state index in [2.05, 4.69) is 17.1 Å². The number of ether oxygens (including phenoxy) is 4. The average Bonchev–Trinajstić information content (AvgIpc) is 3.31. The van der Waals surface area contributed by atoms with E-state index < -0.39 is 0 Å². The fraction of sp³-hybridized carbons (Fsp3) is 0.682. The zero-order valence-corrected chi connectivity index (χ0v) is 17.8. The lowest BCUT2D eigenvalue weighted by Gasteiger charge is -2.37. The van der Waals surface area contributed by atoms with E-state index in [9.17, 15) is 0 Å². The maximum Gasteiger partial charge on any atom is 0.194 e. The number of benzene rings is 1. The Kier molecular flexibility index (Phi) is 9.05. The van der Waals surface area contributed by atoms with Crippen LogP contribution in [0.2, 0.25) is 0 Å². The number of aliphatic imine (C=N–C) groups is 1. The molecule has 2 unspecified atom stereocenters.